The number of allylic oxidation sites excluding steroid dienone is 2. The van der Waals surface area contributed by atoms with Crippen molar-refractivity contribution in [2.24, 2.45) is 4.99 Å². The van der Waals surface area contributed by atoms with Gasteiger partial charge < -0.3 is 29.0 Å². The number of fused-ring (bicyclic) bond motifs is 7. The molecule has 48 heavy (non-hydrogen) atoms. The maximum absolute atomic E-state index is 14.2. The second-order valence-corrected chi connectivity index (χ2v) is 10.9. The highest BCUT2D eigenvalue weighted by Gasteiger charge is 2.38. The number of alkyl halides is 3. The number of aliphatic imine (C=N–C) groups is 1. The number of carboxylic acids is 1. The lowest BCUT2D eigenvalue weighted by molar-refractivity contribution is -0.192. The van der Waals surface area contributed by atoms with E-state index >= 15 is 0 Å². The van der Waals surface area contributed by atoms with E-state index in [-0.39, 0.29) is 5.78 Å². The molecule has 0 atom stereocenters. The van der Waals surface area contributed by atoms with E-state index < -0.39 is 12.1 Å². The number of rotatable bonds is 6. The number of hydrogen-bond donors (Lipinski definition) is 2. The summed E-state index contributed by atoms with van der Waals surface area (Å²) >= 11 is 0. The molecule has 3 aromatic rings. The lowest BCUT2D eigenvalue weighted by Gasteiger charge is -2.16. The maximum atomic E-state index is 14.2. The highest BCUT2D eigenvalue weighted by molar-refractivity contribution is 6.23. The number of ketones is 1. The second kappa shape index (κ2) is 14.2. The Hall–Kier alpha value is -5.26. The maximum Gasteiger partial charge on any atom is 0.490 e. The van der Waals surface area contributed by atoms with Crippen LogP contribution < -0.4 is 29.6 Å². The summed E-state index contributed by atoms with van der Waals surface area (Å²) in [6.45, 7) is 8.50. The molecule has 5 rings (SSSR count). The van der Waals surface area contributed by atoms with Crippen molar-refractivity contribution < 1.29 is 46.8 Å². The van der Waals surface area contributed by atoms with Gasteiger partial charge in [-0.25, -0.2) is 9.79 Å². The third-order valence-corrected chi connectivity index (χ3v) is 8.25. The van der Waals surface area contributed by atoms with Crippen LogP contribution in [0.2, 0.25) is 0 Å². The number of ether oxygens (including phenoxy) is 4. The molecule has 1 aromatic heterocycles. The van der Waals surface area contributed by atoms with Gasteiger partial charge in [0.1, 0.15) is 23.0 Å². The number of carboxylic acid groups (broad SMARTS) is 1. The van der Waals surface area contributed by atoms with Gasteiger partial charge in [0, 0.05) is 34.0 Å². The number of aromatic amines is 1. The molecule has 0 aliphatic carbocycles. The van der Waals surface area contributed by atoms with Gasteiger partial charge >= 0.3 is 12.1 Å². The zero-order valence-corrected chi connectivity index (χ0v) is 27.9. The lowest BCUT2D eigenvalue weighted by atomic mass is 9.95. The Balaban J connectivity index is 0.000000671. The molecule has 0 saturated heterocycles. The third kappa shape index (κ3) is 6.87. The van der Waals surface area contributed by atoms with Crippen LogP contribution in [0.4, 0.5) is 13.2 Å². The minimum Gasteiger partial charge on any atom is -0.496 e. The third-order valence-electron chi connectivity index (χ3n) is 8.25. The molecule has 0 saturated carbocycles. The summed E-state index contributed by atoms with van der Waals surface area (Å²) in [7, 11) is 6.30. The molecule has 0 unspecified atom stereocenters. The number of nitrogens with one attached hydrogen (secondary N) is 1. The number of H-pyrrole nitrogens is 1. The zero-order chi connectivity index (χ0) is 35.5. The molecule has 2 N–H and O–H groups in total. The summed E-state index contributed by atoms with van der Waals surface area (Å²) in [6.07, 6.45) is 2.75. The van der Waals surface area contributed by atoms with Crippen LogP contribution in [0.5, 0.6) is 23.0 Å². The SMILES string of the molecule is CCC1=C(C)C2=Cc3cc(c(OC)cc3OC)C(=O)c3cc(c(OC)cc3OC)C=c3[nH]c(c(CC)c3C)=CC1=N2.O=C(O)C(F)(F)F. The number of carbonyl (C=O) groups is 2. The minimum absolute atomic E-state index is 0.242. The van der Waals surface area contributed by atoms with E-state index in [2.05, 4.69) is 38.8 Å². The Morgan fingerprint density at radius 1 is 0.792 bits per heavy atom. The smallest absolute Gasteiger partial charge is 0.490 e. The van der Waals surface area contributed by atoms with Gasteiger partial charge in [-0.2, -0.15) is 13.2 Å². The summed E-state index contributed by atoms with van der Waals surface area (Å²) in [4.78, 5) is 31.8. The number of nitrogens with zero attached hydrogens (tertiary/aromatic N) is 1. The number of hydrogen-bond acceptors (Lipinski definition) is 7. The van der Waals surface area contributed by atoms with Crippen LogP contribution in [-0.2, 0) is 11.2 Å². The number of carbonyl (C=O) groups excluding carboxylic acids is 1. The summed E-state index contributed by atoms with van der Waals surface area (Å²) in [5.41, 5.74) is 8.66. The van der Waals surface area contributed by atoms with Crippen LogP contribution in [0.1, 0.15) is 65.4 Å². The van der Waals surface area contributed by atoms with Crippen molar-refractivity contribution in [1.29, 1.82) is 0 Å². The summed E-state index contributed by atoms with van der Waals surface area (Å²) < 4.78 is 54.5. The Bertz CT molecular complexity index is 2000. The predicted octanol–water partition coefficient (Wildman–Crippen LogP) is 5.93. The van der Waals surface area contributed by atoms with Crippen molar-refractivity contribution in [3.05, 3.63) is 85.2 Å². The molecular formula is C36H37F3N2O7. The van der Waals surface area contributed by atoms with E-state index in [1.54, 1.807) is 46.6 Å². The average Bonchev–Trinajstić information content (AvgIpc) is 3.52. The molecular weight excluding hydrogens is 629 g/mol. The van der Waals surface area contributed by atoms with Gasteiger partial charge in [-0.1, -0.05) is 13.8 Å². The Kier molecular flexibility index (Phi) is 10.6. The van der Waals surface area contributed by atoms with Crippen LogP contribution in [-0.4, -0.2) is 62.2 Å². The molecule has 8 bridgehead atoms. The van der Waals surface area contributed by atoms with Crippen LogP contribution in [0.15, 0.2) is 46.1 Å². The van der Waals surface area contributed by atoms with Crippen molar-refractivity contribution >= 4 is 35.7 Å². The molecule has 2 aliphatic rings. The summed E-state index contributed by atoms with van der Waals surface area (Å²) in [5.74, 6) is -1.01. The van der Waals surface area contributed by atoms with Gasteiger partial charge in [0.15, 0.2) is 0 Å². The fourth-order valence-electron chi connectivity index (χ4n) is 5.75. The molecule has 2 aliphatic heterocycles. The van der Waals surface area contributed by atoms with Crippen molar-refractivity contribution in [3.63, 3.8) is 0 Å². The van der Waals surface area contributed by atoms with Crippen LogP contribution in [0, 0.1) is 6.92 Å². The molecule has 0 radical (unpaired) electrons. The number of aliphatic carboxylic acids is 1. The monoisotopic (exact) mass is 666 g/mol. The van der Waals surface area contributed by atoms with Gasteiger partial charge in [-0.05, 0) is 79.3 Å². The van der Waals surface area contributed by atoms with E-state index in [1.807, 2.05) is 18.2 Å². The molecule has 2 aromatic carbocycles. The first-order valence-electron chi connectivity index (χ1n) is 15.0. The number of halogens is 3. The first-order valence-corrected chi connectivity index (χ1v) is 15.0. The quantitative estimate of drug-likeness (QED) is 0.335. The molecule has 9 nitrogen and oxygen atoms in total. The van der Waals surface area contributed by atoms with Gasteiger partial charge in [0.05, 0.1) is 51.0 Å². The normalized spacial score (nSPS) is 13.8. The summed E-state index contributed by atoms with van der Waals surface area (Å²) in [6, 6.07) is 7.12. The zero-order valence-electron chi connectivity index (χ0n) is 27.9. The fraction of sp³-hybridized carbons (Fsp3) is 0.306. The standard InChI is InChI=1S/C34H36N2O5.C2HF3O2/c1-9-22-18(3)26-13-20-11-24(32(40-7)16-30(20)38-5)34(37)25-12-21(31(39-6)17-33(25)41-8)14-27-19(4)23(10-2)29(36-27)15-28(22)35-26;3-2(4,5)1(6)7/h11-17,35H,9-10H2,1-8H3;(H,6,7). The number of benzene rings is 2. The first-order chi connectivity index (χ1) is 22.7. The number of aromatic nitrogens is 1. The van der Waals surface area contributed by atoms with Crippen LogP contribution in [0.25, 0.3) is 18.2 Å². The highest BCUT2D eigenvalue weighted by atomic mass is 19.4. The van der Waals surface area contributed by atoms with E-state index in [9.17, 15) is 18.0 Å². The van der Waals surface area contributed by atoms with Crippen molar-refractivity contribution in [2.45, 2.75) is 46.7 Å². The van der Waals surface area contributed by atoms with E-state index in [0.29, 0.717) is 34.1 Å². The molecule has 0 fully saturated rings. The topological polar surface area (TPSA) is 119 Å². The van der Waals surface area contributed by atoms with Crippen molar-refractivity contribution in [2.75, 3.05) is 28.4 Å². The Morgan fingerprint density at radius 2 is 1.29 bits per heavy atom. The second-order valence-electron chi connectivity index (χ2n) is 10.9. The lowest BCUT2D eigenvalue weighted by Crippen LogP contribution is -2.21. The number of methoxy groups -OCH3 is 4. The van der Waals surface area contributed by atoms with Crippen molar-refractivity contribution in [1.82, 2.24) is 4.98 Å². The van der Waals surface area contributed by atoms with E-state index in [1.165, 1.54) is 11.1 Å². The molecule has 0 amide bonds. The van der Waals surface area contributed by atoms with Gasteiger partial charge in [0.25, 0.3) is 0 Å². The van der Waals surface area contributed by atoms with E-state index in [4.69, 9.17) is 33.8 Å². The molecule has 3 heterocycles. The minimum atomic E-state index is -5.08. The first kappa shape index (κ1) is 35.6. The average molecular weight is 667 g/mol. The fourth-order valence-corrected chi connectivity index (χ4v) is 5.75. The summed E-state index contributed by atoms with van der Waals surface area (Å²) in [5, 5.41) is 9.09. The largest absolute Gasteiger partial charge is 0.496 e. The Morgan fingerprint density at radius 3 is 1.73 bits per heavy atom. The van der Waals surface area contributed by atoms with Crippen molar-refractivity contribution in [3.8, 4) is 23.0 Å². The van der Waals surface area contributed by atoms with E-state index in [0.717, 1.165) is 57.2 Å². The predicted molar refractivity (Wildman–Crippen MR) is 177 cm³/mol. The highest BCUT2D eigenvalue weighted by Crippen LogP contribution is 2.38. The Labute approximate surface area is 275 Å². The van der Waals surface area contributed by atoms with Crippen LogP contribution in [0.3, 0.4) is 0 Å². The van der Waals surface area contributed by atoms with Gasteiger partial charge in [-0.3, -0.25) is 4.79 Å². The van der Waals surface area contributed by atoms with Gasteiger partial charge in [0.2, 0.25) is 5.78 Å². The molecule has 0 spiro atoms. The molecule has 254 valence electrons. The van der Waals surface area contributed by atoms with Crippen LogP contribution >= 0.6 is 0 Å². The molecule has 12 heteroatoms. The van der Waals surface area contributed by atoms with Gasteiger partial charge in [-0.15, -0.1) is 0 Å².